The van der Waals surface area contributed by atoms with Crippen LogP contribution >= 0.6 is 0 Å². The lowest BCUT2D eigenvalue weighted by Gasteiger charge is -2.26. The van der Waals surface area contributed by atoms with E-state index in [0.717, 1.165) is 54.7 Å². The Labute approximate surface area is 369 Å². The van der Waals surface area contributed by atoms with Crippen LogP contribution in [-0.4, -0.2) is 131 Å². The number of nitrogens with one attached hydrogen (secondary N) is 3. The largest absolute Gasteiger partial charge is 0.477 e. The van der Waals surface area contributed by atoms with Gasteiger partial charge in [-0.25, -0.2) is 24.4 Å². The molecule has 4 N–H and O–H groups in total. The quantitative estimate of drug-likeness (QED) is 0.173. The number of H-pyrrole nitrogens is 2. The molecule has 65 heavy (non-hydrogen) atoms. The van der Waals surface area contributed by atoms with Crippen LogP contribution in [0.4, 0.5) is 16.7 Å². The summed E-state index contributed by atoms with van der Waals surface area (Å²) in [5.74, 6) is -0.991. The van der Waals surface area contributed by atoms with Gasteiger partial charge in [-0.1, -0.05) is 24.3 Å². The molecule has 0 saturated carbocycles. The number of esters is 1. The van der Waals surface area contributed by atoms with Crippen molar-refractivity contribution in [2.75, 3.05) is 68.8 Å². The van der Waals surface area contributed by atoms with E-state index in [1.54, 1.807) is 20.6 Å². The third-order valence-corrected chi connectivity index (χ3v) is 11.3. The van der Waals surface area contributed by atoms with Crippen molar-refractivity contribution in [3.63, 3.8) is 0 Å². The number of aromatic amines is 2. The summed E-state index contributed by atoms with van der Waals surface area (Å²) < 4.78 is 14.2. The van der Waals surface area contributed by atoms with Crippen LogP contribution in [0.5, 0.6) is 0 Å². The molecule has 2 aliphatic heterocycles. The van der Waals surface area contributed by atoms with Gasteiger partial charge >= 0.3 is 18.0 Å². The van der Waals surface area contributed by atoms with Gasteiger partial charge in [0.25, 0.3) is 0 Å². The number of para-hydroxylation sites is 4. The number of fused-ring (bicyclic) bond motifs is 10. The summed E-state index contributed by atoms with van der Waals surface area (Å²) in [6.45, 7) is 12.9. The molecule has 8 heterocycles. The van der Waals surface area contributed by atoms with Crippen molar-refractivity contribution >= 4 is 85.4 Å². The topological polar surface area (TPSA) is 238 Å². The number of amides is 1. The average Bonchev–Trinajstić information content (AvgIpc) is 3.57. The molecule has 2 aromatic carbocycles. The second kappa shape index (κ2) is 17.2. The zero-order valence-corrected chi connectivity index (χ0v) is 36.4. The summed E-state index contributed by atoms with van der Waals surface area (Å²) in [5.41, 5.74) is 2.34. The SMILES string of the molecule is CCOC(=O)c1c(=O)c2cnc(N3CCCN(C(=O)OC(C)(C)C)CC3)nc2n2c1[nH]c1ccccc12.O=C(O)c1c(=O)c2cnc(N3CCCNCC3)nc2n2c1[nH]c1ccccc12. The number of anilines is 2. The number of carbonyl (C=O) groups is 3. The van der Waals surface area contributed by atoms with Gasteiger partial charge in [0, 0.05) is 58.2 Å². The molecule has 0 unspecified atom stereocenters. The van der Waals surface area contributed by atoms with Crippen molar-refractivity contribution in [3.8, 4) is 0 Å². The third-order valence-electron chi connectivity index (χ3n) is 11.3. The van der Waals surface area contributed by atoms with Crippen molar-refractivity contribution in [1.82, 2.24) is 48.9 Å². The number of carboxylic acids is 1. The highest BCUT2D eigenvalue weighted by molar-refractivity contribution is 6.03. The molecule has 2 fully saturated rings. The highest BCUT2D eigenvalue weighted by Crippen LogP contribution is 2.26. The Morgan fingerprint density at radius 2 is 1.26 bits per heavy atom. The molecule has 6 aromatic heterocycles. The number of carbonyl (C=O) groups excluding carboxylic acids is 2. The Kier molecular flexibility index (Phi) is 11.3. The number of benzene rings is 2. The lowest BCUT2D eigenvalue weighted by molar-refractivity contribution is 0.0262. The normalized spacial score (nSPS) is 15.0. The van der Waals surface area contributed by atoms with E-state index in [4.69, 9.17) is 14.5 Å². The van der Waals surface area contributed by atoms with Crippen molar-refractivity contribution in [2.45, 2.75) is 46.1 Å². The highest BCUT2D eigenvalue weighted by Gasteiger charge is 2.28. The van der Waals surface area contributed by atoms with Gasteiger partial charge in [0.1, 0.15) is 28.0 Å². The summed E-state index contributed by atoms with van der Waals surface area (Å²) in [6, 6.07) is 14.9. The van der Waals surface area contributed by atoms with Gasteiger partial charge in [0.05, 0.1) is 39.4 Å². The molecule has 0 radical (unpaired) electrons. The zero-order chi connectivity index (χ0) is 45.6. The monoisotopic (exact) mass is 884 g/mol. The van der Waals surface area contributed by atoms with Crippen LogP contribution in [0.1, 0.15) is 61.3 Å². The van der Waals surface area contributed by atoms with Gasteiger partial charge in [-0.05, 0) is 71.3 Å². The first-order valence-electron chi connectivity index (χ1n) is 21.6. The molecule has 0 spiro atoms. The fourth-order valence-electron chi connectivity index (χ4n) is 8.39. The van der Waals surface area contributed by atoms with Crippen molar-refractivity contribution in [1.29, 1.82) is 0 Å². The van der Waals surface area contributed by atoms with Crippen LogP contribution in [0.15, 0.2) is 70.5 Å². The van der Waals surface area contributed by atoms with Crippen LogP contribution in [0, 0.1) is 0 Å². The predicted octanol–water partition coefficient (Wildman–Crippen LogP) is 4.57. The molecule has 0 aliphatic carbocycles. The minimum atomic E-state index is -1.28. The molecule has 2 saturated heterocycles. The number of rotatable bonds is 5. The van der Waals surface area contributed by atoms with Crippen molar-refractivity contribution in [2.24, 2.45) is 0 Å². The summed E-state index contributed by atoms with van der Waals surface area (Å²) in [5, 5.41) is 13.4. The first kappa shape index (κ1) is 42.7. The Bertz CT molecular complexity index is 3290. The number of pyridine rings is 2. The number of hydrogen-bond donors (Lipinski definition) is 4. The fourth-order valence-corrected chi connectivity index (χ4v) is 8.39. The summed E-state index contributed by atoms with van der Waals surface area (Å²) in [6.07, 6.45) is 4.26. The van der Waals surface area contributed by atoms with Gasteiger partial charge in [-0.15, -0.1) is 0 Å². The van der Waals surface area contributed by atoms with Crippen LogP contribution in [-0.2, 0) is 9.47 Å². The van der Waals surface area contributed by atoms with Gasteiger partial charge < -0.3 is 44.6 Å². The van der Waals surface area contributed by atoms with E-state index in [1.807, 2.05) is 74.2 Å². The van der Waals surface area contributed by atoms with Crippen LogP contribution in [0.25, 0.3) is 55.4 Å². The van der Waals surface area contributed by atoms with E-state index in [9.17, 15) is 29.1 Å². The van der Waals surface area contributed by atoms with Crippen molar-refractivity contribution in [3.05, 3.63) is 92.5 Å². The minimum Gasteiger partial charge on any atom is -0.477 e. The Balaban J connectivity index is 0.000000170. The predicted molar refractivity (Wildman–Crippen MR) is 244 cm³/mol. The molecule has 0 bridgehead atoms. The maximum Gasteiger partial charge on any atom is 0.410 e. The maximum atomic E-state index is 13.4. The Morgan fingerprint density at radius 3 is 1.85 bits per heavy atom. The van der Waals surface area contributed by atoms with E-state index in [-0.39, 0.29) is 40.2 Å². The van der Waals surface area contributed by atoms with E-state index >= 15 is 0 Å². The highest BCUT2D eigenvalue weighted by atomic mass is 16.6. The lowest BCUT2D eigenvalue weighted by atomic mass is 10.2. The van der Waals surface area contributed by atoms with Crippen LogP contribution < -0.4 is 26.0 Å². The van der Waals surface area contributed by atoms with Crippen molar-refractivity contribution < 1.29 is 29.0 Å². The molecule has 336 valence electrons. The number of nitrogens with zero attached hydrogens (tertiary/aromatic N) is 9. The van der Waals surface area contributed by atoms with E-state index in [2.05, 4.69) is 35.1 Å². The Hall–Kier alpha value is -7.61. The number of imidazole rings is 2. The smallest absolute Gasteiger partial charge is 0.410 e. The molecule has 20 nitrogen and oxygen atoms in total. The standard InChI is InChI=1S/C26H30N6O5.C19H18N6O3/c1-5-36-23(34)19-20(33)16-15-27-24(29-21(16)32-18-10-7-6-9-17(18)28-22(19)32)30-11-8-12-31(14-13-30)25(35)37-26(2,3)4;26-15-11-10-21-19(24-8-3-6-20-7-9-24)23-16(11)25-13-5-2-1-4-12(13)22-17(25)14(15)18(27)28/h6-7,9-10,15,28H,5,8,11-14H2,1-4H3;1-2,4-5,10,20,22H,3,6-9H2,(H,27,28). The Morgan fingerprint density at radius 1 is 0.708 bits per heavy atom. The van der Waals surface area contributed by atoms with E-state index in [0.29, 0.717) is 61.4 Å². The van der Waals surface area contributed by atoms with Crippen LogP contribution in [0.3, 0.4) is 0 Å². The fraction of sp³-hybridized carbons (Fsp3) is 0.356. The molecule has 8 aromatic rings. The van der Waals surface area contributed by atoms with E-state index < -0.39 is 28.4 Å². The average molecular weight is 885 g/mol. The minimum absolute atomic E-state index is 0.0790. The number of carboxylic acid groups (broad SMARTS) is 1. The summed E-state index contributed by atoms with van der Waals surface area (Å²) in [7, 11) is 0. The van der Waals surface area contributed by atoms with Crippen LogP contribution in [0.2, 0.25) is 0 Å². The number of aromatic carboxylic acids is 1. The molecular weight excluding hydrogens is 837 g/mol. The number of ether oxygens (including phenoxy) is 2. The first-order chi connectivity index (χ1) is 31.3. The molecule has 2 aliphatic rings. The zero-order valence-electron chi connectivity index (χ0n) is 36.4. The second-order valence-electron chi connectivity index (χ2n) is 16.8. The molecule has 0 atom stereocenters. The van der Waals surface area contributed by atoms with E-state index in [1.165, 1.54) is 12.4 Å². The van der Waals surface area contributed by atoms with Gasteiger partial charge in [0.2, 0.25) is 22.8 Å². The van der Waals surface area contributed by atoms with Gasteiger partial charge in [-0.3, -0.25) is 18.4 Å². The number of hydrogen-bond acceptors (Lipinski definition) is 14. The molecule has 1 amide bonds. The van der Waals surface area contributed by atoms with Gasteiger partial charge in [-0.2, -0.15) is 9.97 Å². The number of aromatic nitrogens is 8. The van der Waals surface area contributed by atoms with Gasteiger partial charge in [0.15, 0.2) is 11.3 Å². The molecule has 20 heteroatoms. The first-order valence-corrected chi connectivity index (χ1v) is 21.6. The molecule has 10 rings (SSSR count). The lowest BCUT2D eigenvalue weighted by Crippen LogP contribution is -2.39. The maximum absolute atomic E-state index is 13.4. The summed E-state index contributed by atoms with van der Waals surface area (Å²) in [4.78, 5) is 93.9. The third kappa shape index (κ3) is 8.00. The second-order valence-corrected chi connectivity index (χ2v) is 16.8. The molecular formula is C45H48N12O8. The summed E-state index contributed by atoms with van der Waals surface area (Å²) >= 11 is 0.